The first-order valence-electron chi connectivity index (χ1n) is 3.91. The highest BCUT2D eigenvalue weighted by Gasteiger charge is 2.12. The summed E-state index contributed by atoms with van der Waals surface area (Å²) in [5.41, 5.74) is 3.06. The third kappa shape index (κ3) is 3.42. The van der Waals surface area contributed by atoms with E-state index in [9.17, 15) is 4.79 Å². The minimum absolute atomic E-state index is 1.08. The maximum absolute atomic E-state index is 9.42. The molecule has 0 unspecified atom stereocenters. The number of fused-ring (bicyclic) bond motifs is 1. The van der Waals surface area contributed by atoms with E-state index in [4.69, 9.17) is 5.11 Å². The minimum atomic E-state index is -1.08. The van der Waals surface area contributed by atoms with Crippen molar-refractivity contribution < 1.29 is 9.90 Å². The number of hydrogen-bond donors (Lipinski definition) is 2. The fourth-order valence-electron chi connectivity index (χ4n) is 0.924. The van der Waals surface area contributed by atoms with Gasteiger partial charge in [-0.3, -0.25) is 5.32 Å². The molecule has 0 aromatic heterocycles. The molecular formula is C10H11NO2. The lowest BCUT2D eigenvalue weighted by Crippen LogP contribution is -2.11. The van der Waals surface area contributed by atoms with Crippen molar-refractivity contribution in [1.82, 2.24) is 5.32 Å². The van der Waals surface area contributed by atoms with Crippen molar-refractivity contribution in [1.29, 1.82) is 0 Å². The van der Waals surface area contributed by atoms with Crippen molar-refractivity contribution in [2.75, 3.05) is 0 Å². The zero-order valence-electron chi connectivity index (χ0n) is 7.16. The molecule has 2 rings (SSSR count). The molecule has 1 amide bonds. The first kappa shape index (κ1) is 9.32. The molecule has 0 saturated carbocycles. The Labute approximate surface area is 76.7 Å². The van der Waals surface area contributed by atoms with Crippen molar-refractivity contribution in [2.24, 2.45) is 0 Å². The first-order chi connectivity index (χ1) is 6.24. The van der Waals surface area contributed by atoms with Gasteiger partial charge in [-0.15, -0.1) is 0 Å². The summed E-state index contributed by atoms with van der Waals surface area (Å²) in [6.45, 7) is 3.11. The van der Waals surface area contributed by atoms with Crippen LogP contribution in [0.15, 0.2) is 37.0 Å². The van der Waals surface area contributed by atoms with E-state index in [1.807, 2.05) is 5.32 Å². The summed E-state index contributed by atoms with van der Waals surface area (Å²) < 4.78 is 0. The van der Waals surface area contributed by atoms with Gasteiger partial charge >= 0.3 is 6.09 Å². The summed E-state index contributed by atoms with van der Waals surface area (Å²) in [7, 11) is 0. The van der Waals surface area contributed by atoms with Crippen LogP contribution in [-0.2, 0) is 6.42 Å². The highest BCUT2D eigenvalue weighted by molar-refractivity contribution is 5.65. The summed E-state index contributed by atoms with van der Waals surface area (Å²) in [5, 5.41) is 9.62. The maximum atomic E-state index is 9.42. The van der Waals surface area contributed by atoms with Gasteiger partial charge in [0.25, 0.3) is 0 Å². The van der Waals surface area contributed by atoms with Gasteiger partial charge in [0.1, 0.15) is 0 Å². The molecular weight excluding hydrogens is 166 g/mol. The quantitative estimate of drug-likeness (QED) is 0.699. The van der Waals surface area contributed by atoms with Crippen molar-refractivity contribution >= 4 is 6.09 Å². The standard InChI is InChI=1S/C7H6.C3H5NO2/c1-2-4-7-5-6(7)3-1;1-2-4-3(5)6/h1-4H,5H2;2,4H,1H2,(H,5,6). The highest BCUT2D eigenvalue weighted by Crippen LogP contribution is 2.25. The minimum Gasteiger partial charge on any atom is -0.465 e. The van der Waals surface area contributed by atoms with Crippen LogP contribution in [0.3, 0.4) is 0 Å². The number of benzene rings is 1. The Hall–Kier alpha value is -1.77. The molecule has 3 heteroatoms. The number of carboxylic acid groups (broad SMARTS) is 1. The lowest BCUT2D eigenvalue weighted by molar-refractivity contribution is 0.198. The van der Waals surface area contributed by atoms with Crippen molar-refractivity contribution in [3.8, 4) is 0 Å². The molecule has 68 valence electrons. The van der Waals surface area contributed by atoms with E-state index in [2.05, 4.69) is 30.8 Å². The molecule has 0 atom stereocenters. The number of carbonyl (C=O) groups is 1. The Bertz CT molecular complexity index is 299. The van der Waals surface area contributed by atoms with Crippen LogP contribution >= 0.6 is 0 Å². The highest BCUT2D eigenvalue weighted by atomic mass is 16.4. The van der Waals surface area contributed by atoms with Crippen LogP contribution in [0.4, 0.5) is 4.79 Å². The average Bonchev–Trinajstić information content (AvgIpc) is 2.82. The Balaban J connectivity index is 0.000000133. The number of amides is 1. The fourth-order valence-corrected chi connectivity index (χ4v) is 0.924. The van der Waals surface area contributed by atoms with Crippen LogP contribution in [0, 0.1) is 0 Å². The van der Waals surface area contributed by atoms with E-state index >= 15 is 0 Å². The molecule has 0 heterocycles. The topological polar surface area (TPSA) is 49.3 Å². The predicted molar refractivity (Wildman–Crippen MR) is 50.6 cm³/mol. The van der Waals surface area contributed by atoms with E-state index in [1.165, 1.54) is 17.5 Å². The first-order valence-corrected chi connectivity index (χ1v) is 3.91. The zero-order valence-corrected chi connectivity index (χ0v) is 7.16. The van der Waals surface area contributed by atoms with E-state index in [-0.39, 0.29) is 0 Å². The number of nitrogens with one attached hydrogen (secondary N) is 1. The van der Waals surface area contributed by atoms with Crippen molar-refractivity contribution in [2.45, 2.75) is 6.42 Å². The van der Waals surface area contributed by atoms with Gasteiger partial charge in [-0.1, -0.05) is 30.8 Å². The summed E-state index contributed by atoms with van der Waals surface area (Å²) in [6, 6.07) is 8.53. The van der Waals surface area contributed by atoms with E-state index in [1.54, 1.807) is 0 Å². The van der Waals surface area contributed by atoms with Gasteiger partial charge in [-0.05, 0) is 23.7 Å². The average molecular weight is 177 g/mol. The molecule has 0 bridgehead atoms. The molecule has 1 aliphatic carbocycles. The van der Waals surface area contributed by atoms with Crippen molar-refractivity contribution in [3.05, 3.63) is 48.2 Å². The van der Waals surface area contributed by atoms with Crippen LogP contribution < -0.4 is 5.32 Å². The number of hydrogen-bond acceptors (Lipinski definition) is 1. The van der Waals surface area contributed by atoms with Gasteiger partial charge in [0, 0.05) is 0 Å². The summed E-state index contributed by atoms with van der Waals surface area (Å²) in [5.74, 6) is 0. The monoisotopic (exact) mass is 177 g/mol. The van der Waals surface area contributed by atoms with E-state index in [0.717, 1.165) is 6.20 Å². The molecule has 0 aliphatic heterocycles. The van der Waals surface area contributed by atoms with Gasteiger partial charge in [0.15, 0.2) is 0 Å². The van der Waals surface area contributed by atoms with Crippen LogP contribution in [0.5, 0.6) is 0 Å². The Morgan fingerprint density at radius 2 is 2.00 bits per heavy atom. The molecule has 0 saturated heterocycles. The van der Waals surface area contributed by atoms with Crippen molar-refractivity contribution in [3.63, 3.8) is 0 Å². The molecule has 1 aromatic rings. The molecule has 0 fully saturated rings. The van der Waals surface area contributed by atoms with E-state index < -0.39 is 6.09 Å². The normalized spacial score (nSPS) is 10.2. The summed E-state index contributed by atoms with van der Waals surface area (Å²) >= 11 is 0. The number of rotatable bonds is 1. The van der Waals surface area contributed by atoms with E-state index in [0.29, 0.717) is 0 Å². The van der Waals surface area contributed by atoms with Crippen LogP contribution in [0.1, 0.15) is 11.1 Å². The summed E-state index contributed by atoms with van der Waals surface area (Å²) in [4.78, 5) is 9.42. The zero-order chi connectivity index (χ0) is 9.68. The lowest BCUT2D eigenvalue weighted by atomic mass is 10.4. The second-order valence-electron chi connectivity index (χ2n) is 2.60. The third-order valence-electron chi connectivity index (χ3n) is 1.60. The molecule has 2 N–H and O–H groups in total. The maximum Gasteiger partial charge on any atom is 0.408 e. The molecule has 0 radical (unpaired) electrons. The second-order valence-corrected chi connectivity index (χ2v) is 2.60. The van der Waals surface area contributed by atoms with Gasteiger partial charge < -0.3 is 5.11 Å². The SMILES string of the molecule is C=CNC(=O)O.c1ccc2c(c1)C2. The molecule has 1 aliphatic rings. The molecule has 3 nitrogen and oxygen atoms in total. The smallest absolute Gasteiger partial charge is 0.408 e. The van der Waals surface area contributed by atoms with Gasteiger partial charge in [0.2, 0.25) is 0 Å². The molecule has 13 heavy (non-hydrogen) atoms. The Kier molecular flexibility index (Phi) is 3.09. The molecule has 0 spiro atoms. The second kappa shape index (κ2) is 4.30. The van der Waals surface area contributed by atoms with Gasteiger partial charge in [-0.25, -0.2) is 4.79 Å². The van der Waals surface area contributed by atoms with Crippen LogP contribution in [-0.4, -0.2) is 11.2 Å². The van der Waals surface area contributed by atoms with Gasteiger partial charge in [0.05, 0.1) is 0 Å². The molecule has 1 aromatic carbocycles. The van der Waals surface area contributed by atoms with Gasteiger partial charge in [-0.2, -0.15) is 0 Å². The Morgan fingerprint density at radius 3 is 2.23 bits per heavy atom. The third-order valence-corrected chi connectivity index (χ3v) is 1.60. The van der Waals surface area contributed by atoms with Crippen LogP contribution in [0.25, 0.3) is 0 Å². The van der Waals surface area contributed by atoms with Crippen LogP contribution in [0.2, 0.25) is 0 Å². The largest absolute Gasteiger partial charge is 0.465 e. The Morgan fingerprint density at radius 1 is 1.46 bits per heavy atom. The predicted octanol–water partition coefficient (Wildman–Crippen LogP) is 1.99. The lowest BCUT2D eigenvalue weighted by Gasteiger charge is -1.81. The fraction of sp³-hybridized carbons (Fsp3) is 0.100. The summed E-state index contributed by atoms with van der Waals surface area (Å²) in [6.07, 6.45) is 1.26.